The Labute approximate surface area is 265 Å². The Balaban J connectivity index is 1.09. The second kappa shape index (κ2) is 13.1. The molecule has 0 saturated carbocycles. The number of halogens is 4. The molecule has 1 atom stereocenters. The lowest BCUT2D eigenvalue weighted by atomic mass is 9.98. The van der Waals surface area contributed by atoms with Crippen molar-refractivity contribution in [1.82, 2.24) is 9.88 Å². The zero-order valence-electron chi connectivity index (χ0n) is 23.2. The predicted octanol–water partition coefficient (Wildman–Crippen LogP) is 8.23. The SMILES string of the molecule is OC(COc1ccc(-c2cc(-c3ccccc3F)c3cc(Cl)ccc3n2)cc1)CN1CCN(c2cccc(Cl)c2Cl)CC1. The molecular formula is C34H29Cl3FN3O2. The van der Waals surface area contributed by atoms with E-state index in [1.54, 1.807) is 24.3 Å². The monoisotopic (exact) mass is 635 g/mol. The van der Waals surface area contributed by atoms with Gasteiger partial charge in [0, 0.05) is 54.3 Å². The Morgan fingerprint density at radius 2 is 1.60 bits per heavy atom. The third kappa shape index (κ3) is 6.74. The van der Waals surface area contributed by atoms with E-state index in [2.05, 4.69) is 9.80 Å². The lowest BCUT2D eigenvalue weighted by molar-refractivity contribution is 0.0663. The number of nitrogens with zero attached hydrogens (tertiary/aromatic N) is 3. The summed E-state index contributed by atoms with van der Waals surface area (Å²) in [6, 6.07) is 27.2. The van der Waals surface area contributed by atoms with Gasteiger partial charge in [0.05, 0.1) is 26.9 Å². The number of piperazine rings is 1. The molecule has 0 bridgehead atoms. The van der Waals surface area contributed by atoms with E-state index in [-0.39, 0.29) is 12.4 Å². The van der Waals surface area contributed by atoms with Crippen LogP contribution in [0.3, 0.4) is 0 Å². The lowest BCUT2D eigenvalue weighted by Crippen LogP contribution is -2.49. The average molecular weight is 637 g/mol. The summed E-state index contributed by atoms with van der Waals surface area (Å²) < 4.78 is 20.7. The largest absolute Gasteiger partial charge is 0.491 e. The van der Waals surface area contributed by atoms with Gasteiger partial charge in [-0.25, -0.2) is 9.37 Å². The van der Waals surface area contributed by atoms with Gasteiger partial charge in [-0.3, -0.25) is 4.90 Å². The van der Waals surface area contributed by atoms with Crippen molar-refractivity contribution in [2.24, 2.45) is 0 Å². The van der Waals surface area contributed by atoms with E-state index in [0.717, 1.165) is 53.9 Å². The molecule has 2 heterocycles. The third-order valence-electron chi connectivity index (χ3n) is 7.64. The van der Waals surface area contributed by atoms with Crippen LogP contribution in [0, 0.1) is 5.82 Å². The summed E-state index contributed by atoms with van der Waals surface area (Å²) in [6.45, 7) is 3.88. The molecule has 1 fully saturated rings. The van der Waals surface area contributed by atoms with Crippen molar-refractivity contribution in [3.05, 3.63) is 112 Å². The van der Waals surface area contributed by atoms with E-state index in [0.29, 0.717) is 38.6 Å². The fourth-order valence-electron chi connectivity index (χ4n) is 5.42. The summed E-state index contributed by atoms with van der Waals surface area (Å²) in [5.74, 6) is 0.334. The maximum Gasteiger partial charge on any atom is 0.131 e. The number of ether oxygens (including phenoxy) is 1. The molecule has 9 heteroatoms. The van der Waals surface area contributed by atoms with Crippen molar-refractivity contribution in [3.63, 3.8) is 0 Å². The van der Waals surface area contributed by atoms with Gasteiger partial charge in [-0.2, -0.15) is 0 Å². The number of pyridine rings is 1. The number of fused-ring (bicyclic) bond motifs is 1. The fraction of sp³-hybridized carbons (Fsp3) is 0.206. The highest BCUT2D eigenvalue weighted by Gasteiger charge is 2.22. The maximum atomic E-state index is 14.8. The predicted molar refractivity (Wildman–Crippen MR) is 174 cm³/mol. The highest BCUT2D eigenvalue weighted by Crippen LogP contribution is 2.35. The first-order valence-corrected chi connectivity index (χ1v) is 15.2. The third-order valence-corrected chi connectivity index (χ3v) is 8.68. The van der Waals surface area contributed by atoms with Crippen LogP contribution in [0.4, 0.5) is 10.1 Å². The van der Waals surface area contributed by atoms with Gasteiger partial charge in [-0.1, -0.05) is 59.1 Å². The molecule has 43 heavy (non-hydrogen) atoms. The number of aliphatic hydroxyl groups is 1. The normalized spacial score (nSPS) is 14.7. The Morgan fingerprint density at radius 3 is 2.37 bits per heavy atom. The molecule has 1 N–H and O–H groups in total. The molecule has 1 aliphatic rings. The molecule has 6 rings (SSSR count). The first kappa shape index (κ1) is 29.7. The Hall–Kier alpha value is -3.39. The van der Waals surface area contributed by atoms with Crippen LogP contribution in [0.1, 0.15) is 0 Å². The van der Waals surface area contributed by atoms with Crippen molar-refractivity contribution in [2.45, 2.75) is 6.10 Å². The Bertz CT molecular complexity index is 1740. The zero-order chi connectivity index (χ0) is 29.9. The van der Waals surface area contributed by atoms with E-state index >= 15 is 0 Å². The first-order chi connectivity index (χ1) is 20.9. The summed E-state index contributed by atoms with van der Waals surface area (Å²) in [5.41, 5.74) is 4.44. The zero-order valence-corrected chi connectivity index (χ0v) is 25.5. The highest BCUT2D eigenvalue weighted by atomic mass is 35.5. The number of anilines is 1. The van der Waals surface area contributed by atoms with Gasteiger partial charge >= 0.3 is 0 Å². The van der Waals surface area contributed by atoms with Crippen LogP contribution < -0.4 is 9.64 Å². The summed E-state index contributed by atoms with van der Waals surface area (Å²) in [4.78, 5) is 9.26. The van der Waals surface area contributed by atoms with Crippen LogP contribution >= 0.6 is 34.8 Å². The molecule has 0 amide bonds. The number of hydrogen-bond acceptors (Lipinski definition) is 5. The van der Waals surface area contributed by atoms with E-state index in [1.165, 1.54) is 6.07 Å². The molecule has 4 aromatic carbocycles. The molecule has 1 aliphatic heterocycles. The fourth-order valence-corrected chi connectivity index (χ4v) is 6.01. The van der Waals surface area contributed by atoms with Crippen LogP contribution in [0.2, 0.25) is 15.1 Å². The summed E-state index contributed by atoms with van der Waals surface area (Å²) in [7, 11) is 0. The molecule has 0 aliphatic carbocycles. The van der Waals surface area contributed by atoms with E-state index in [9.17, 15) is 9.50 Å². The standard InChI is InChI=1S/C34H29Cl3FN3O2/c35-23-10-13-31-28(18-23)27(26-4-1-2-6-30(26)38)19-32(39-31)22-8-11-25(12-9-22)43-21-24(42)20-40-14-16-41(17-15-40)33-7-3-5-29(36)34(33)37/h1-13,18-19,24,42H,14-17,20-21H2. The minimum absolute atomic E-state index is 0.173. The first-order valence-electron chi connectivity index (χ1n) is 14.0. The quantitative estimate of drug-likeness (QED) is 0.186. The molecule has 1 saturated heterocycles. The molecule has 5 nitrogen and oxygen atoms in total. The van der Waals surface area contributed by atoms with Gasteiger partial charge < -0.3 is 14.7 Å². The highest BCUT2D eigenvalue weighted by molar-refractivity contribution is 6.43. The summed E-state index contributed by atoms with van der Waals surface area (Å²) in [6.07, 6.45) is -0.640. The van der Waals surface area contributed by atoms with Crippen molar-refractivity contribution in [3.8, 4) is 28.1 Å². The van der Waals surface area contributed by atoms with Crippen molar-refractivity contribution in [1.29, 1.82) is 0 Å². The summed E-state index contributed by atoms with van der Waals surface area (Å²) in [5, 5.41) is 13.1. The molecule has 1 aromatic heterocycles. The van der Waals surface area contributed by atoms with Crippen LogP contribution in [0.25, 0.3) is 33.3 Å². The lowest BCUT2D eigenvalue weighted by Gasteiger charge is -2.37. The van der Waals surface area contributed by atoms with Gasteiger partial charge in [-0.15, -0.1) is 0 Å². The van der Waals surface area contributed by atoms with Crippen LogP contribution in [0.5, 0.6) is 5.75 Å². The Kier molecular flexibility index (Phi) is 9.03. The average Bonchev–Trinajstić information content (AvgIpc) is 3.02. The van der Waals surface area contributed by atoms with Crippen molar-refractivity contribution < 1.29 is 14.2 Å². The smallest absolute Gasteiger partial charge is 0.131 e. The van der Waals surface area contributed by atoms with Gasteiger partial charge in [0.2, 0.25) is 0 Å². The number of aliphatic hydroxyl groups excluding tert-OH is 1. The minimum atomic E-state index is -0.640. The minimum Gasteiger partial charge on any atom is -0.491 e. The van der Waals surface area contributed by atoms with E-state index in [1.807, 2.05) is 60.7 Å². The van der Waals surface area contributed by atoms with Gasteiger partial charge in [0.15, 0.2) is 0 Å². The van der Waals surface area contributed by atoms with Crippen LogP contribution in [-0.2, 0) is 0 Å². The second-order valence-corrected chi connectivity index (χ2v) is 11.8. The van der Waals surface area contributed by atoms with Crippen molar-refractivity contribution >= 4 is 51.4 Å². The molecule has 1 unspecified atom stereocenters. The van der Waals surface area contributed by atoms with Gasteiger partial charge in [-0.05, 0) is 72.3 Å². The van der Waals surface area contributed by atoms with Gasteiger partial charge in [0.25, 0.3) is 0 Å². The number of hydrogen-bond donors (Lipinski definition) is 1. The molecule has 220 valence electrons. The number of aromatic nitrogens is 1. The molecular weight excluding hydrogens is 608 g/mol. The Morgan fingerprint density at radius 1 is 0.837 bits per heavy atom. The molecule has 5 aromatic rings. The topological polar surface area (TPSA) is 48.8 Å². The van der Waals surface area contributed by atoms with E-state index < -0.39 is 6.10 Å². The maximum absolute atomic E-state index is 14.8. The molecule has 0 radical (unpaired) electrons. The van der Waals surface area contributed by atoms with Crippen molar-refractivity contribution in [2.75, 3.05) is 44.2 Å². The van der Waals surface area contributed by atoms with Crippen LogP contribution in [0.15, 0.2) is 91.0 Å². The second-order valence-electron chi connectivity index (χ2n) is 10.5. The van der Waals surface area contributed by atoms with Gasteiger partial charge in [0.1, 0.15) is 24.3 Å². The number of β-amino-alcohol motifs (C(OH)–C–C–N with tert-alkyl or cyclic N) is 1. The number of benzene rings is 4. The number of rotatable bonds is 8. The van der Waals surface area contributed by atoms with Crippen LogP contribution in [-0.4, -0.2) is 60.4 Å². The summed E-state index contributed by atoms with van der Waals surface area (Å²) >= 11 is 18.8. The molecule has 0 spiro atoms. The van der Waals surface area contributed by atoms with E-state index in [4.69, 9.17) is 44.5 Å².